The van der Waals surface area contributed by atoms with Gasteiger partial charge in [0.2, 0.25) is 0 Å². The number of rotatable bonds is 5. The molecule has 1 aliphatic heterocycles. The third-order valence-corrected chi connectivity index (χ3v) is 5.44. The molecular weight excluding hydrogens is 417 g/mol. The zero-order chi connectivity index (χ0) is 23.0. The smallest absolute Gasteiger partial charge is 0.278 e. The molecular formula is C25H19F3N2O2. The predicted octanol–water partition coefficient (Wildman–Crippen LogP) is 5.11. The summed E-state index contributed by atoms with van der Waals surface area (Å²) in [5, 5.41) is 2.77. The van der Waals surface area contributed by atoms with Crippen molar-refractivity contribution in [2.24, 2.45) is 0 Å². The highest BCUT2D eigenvalue weighted by Gasteiger charge is 2.39. The Morgan fingerprint density at radius 3 is 2.22 bits per heavy atom. The number of nitrogens with one attached hydrogen (secondary N) is 1. The van der Waals surface area contributed by atoms with Crippen molar-refractivity contribution in [1.82, 2.24) is 4.90 Å². The first kappa shape index (κ1) is 21.4. The molecule has 0 spiro atoms. The minimum atomic E-state index is -1.09. The average molecular weight is 436 g/mol. The molecule has 4 nitrogen and oxygen atoms in total. The second-order valence-electron chi connectivity index (χ2n) is 7.59. The van der Waals surface area contributed by atoms with E-state index in [1.165, 1.54) is 24.3 Å². The van der Waals surface area contributed by atoms with E-state index in [1.54, 1.807) is 18.2 Å². The first-order chi connectivity index (χ1) is 15.3. The first-order valence-electron chi connectivity index (χ1n) is 9.90. The van der Waals surface area contributed by atoms with Crippen molar-refractivity contribution in [1.29, 1.82) is 0 Å². The third-order valence-electron chi connectivity index (χ3n) is 5.44. The molecule has 0 saturated carbocycles. The summed E-state index contributed by atoms with van der Waals surface area (Å²) >= 11 is 0. The Kier molecular flexibility index (Phi) is 5.57. The molecule has 1 N–H and O–H groups in total. The molecule has 0 aliphatic carbocycles. The molecule has 0 aromatic heterocycles. The van der Waals surface area contributed by atoms with Gasteiger partial charge in [0.25, 0.3) is 11.8 Å². The van der Waals surface area contributed by atoms with Crippen LogP contribution < -0.4 is 5.32 Å². The van der Waals surface area contributed by atoms with Gasteiger partial charge in [-0.3, -0.25) is 14.5 Å². The number of hydrogen-bond acceptors (Lipinski definition) is 3. The molecule has 1 aliphatic rings. The van der Waals surface area contributed by atoms with E-state index in [4.69, 9.17) is 0 Å². The molecule has 0 unspecified atom stereocenters. The zero-order valence-corrected chi connectivity index (χ0v) is 17.4. The van der Waals surface area contributed by atoms with Gasteiger partial charge in [-0.2, -0.15) is 0 Å². The van der Waals surface area contributed by atoms with Crippen LogP contribution in [0.25, 0.3) is 5.57 Å². The van der Waals surface area contributed by atoms with Crippen LogP contribution in [0.1, 0.15) is 22.3 Å². The molecule has 0 saturated heterocycles. The van der Waals surface area contributed by atoms with E-state index in [0.717, 1.165) is 28.2 Å². The van der Waals surface area contributed by atoms with Crippen LogP contribution in [0.2, 0.25) is 0 Å². The number of hydrogen-bond donors (Lipinski definition) is 1. The highest BCUT2D eigenvalue weighted by atomic mass is 19.2. The highest BCUT2D eigenvalue weighted by molar-refractivity contribution is 6.36. The molecule has 0 bridgehead atoms. The maximum atomic E-state index is 14.2. The van der Waals surface area contributed by atoms with Crippen molar-refractivity contribution >= 4 is 23.1 Å². The van der Waals surface area contributed by atoms with Gasteiger partial charge < -0.3 is 5.32 Å². The molecule has 0 atom stereocenters. The second-order valence-corrected chi connectivity index (χ2v) is 7.59. The number of halogens is 3. The maximum Gasteiger partial charge on any atom is 0.278 e. The van der Waals surface area contributed by atoms with Crippen molar-refractivity contribution < 1.29 is 22.8 Å². The molecule has 1 heterocycles. The monoisotopic (exact) mass is 436 g/mol. The Balaban J connectivity index is 1.79. The summed E-state index contributed by atoms with van der Waals surface area (Å²) in [5.41, 5.74) is 2.70. The lowest BCUT2D eigenvalue weighted by atomic mass is 9.99. The number of carbonyl (C=O) groups is 2. The van der Waals surface area contributed by atoms with Crippen LogP contribution in [0.3, 0.4) is 0 Å². The van der Waals surface area contributed by atoms with E-state index >= 15 is 0 Å². The number of aryl methyl sites for hydroxylation is 2. The van der Waals surface area contributed by atoms with Crippen LogP contribution in [-0.2, 0) is 16.1 Å². The fraction of sp³-hybridized carbons (Fsp3) is 0.120. The van der Waals surface area contributed by atoms with E-state index < -0.39 is 29.3 Å². The Hall–Kier alpha value is -3.87. The van der Waals surface area contributed by atoms with Crippen molar-refractivity contribution in [2.75, 3.05) is 5.32 Å². The van der Waals surface area contributed by atoms with Crippen LogP contribution >= 0.6 is 0 Å². The SMILES string of the molecule is Cc1ccc(C2=C(Nc3ccc(F)c(F)c3)C(=O)N(Cc3ccccc3F)C2=O)cc1C. The zero-order valence-electron chi connectivity index (χ0n) is 17.4. The molecule has 2 amide bonds. The fourth-order valence-electron chi connectivity index (χ4n) is 3.52. The van der Waals surface area contributed by atoms with Crippen LogP contribution in [0.15, 0.2) is 66.4 Å². The molecule has 32 heavy (non-hydrogen) atoms. The molecule has 3 aromatic rings. The summed E-state index contributed by atoms with van der Waals surface area (Å²) < 4.78 is 41.2. The van der Waals surface area contributed by atoms with Crippen LogP contribution in [0.5, 0.6) is 0 Å². The van der Waals surface area contributed by atoms with Gasteiger partial charge in [0.1, 0.15) is 11.5 Å². The van der Waals surface area contributed by atoms with Gasteiger partial charge in [-0.25, -0.2) is 13.2 Å². The number of carbonyl (C=O) groups excluding carboxylic acids is 2. The number of anilines is 1. The fourth-order valence-corrected chi connectivity index (χ4v) is 3.52. The summed E-state index contributed by atoms with van der Waals surface area (Å²) in [6.07, 6.45) is 0. The van der Waals surface area contributed by atoms with E-state index in [0.29, 0.717) is 5.56 Å². The summed E-state index contributed by atoms with van der Waals surface area (Å²) in [6.45, 7) is 3.53. The largest absolute Gasteiger partial charge is 0.350 e. The van der Waals surface area contributed by atoms with E-state index in [2.05, 4.69) is 5.32 Å². The minimum Gasteiger partial charge on any atom is -0.350 e. The standard InChI is InChI=1S/C25H19F3N2O2/c1-14-7-8-16(11-15(14)2)22-23(29-18-9-10-20(27)21(28)12-18)25(32)30(24(22)31)13-17-5-3-4-6-19(17)26/h3-12,29H,13H2,1-2H3. The normalized spacial score (nSPS) is 13.8. The van der Waals surface area contributed by atoms with Crippen molar-refractivity contribution in [3.63, 3.8) is 0 Å². The Bertz CT molecular complexity index is 1280. The van der Waals surface area contributed by atoms with Crippen molar-refractivity contribution in [3.8, 4) is 0 Å². The lowest BCUT2D eigenvalue weighted by Gasteiger charge is -2.16. The van der Waals surface area contributed by atoms with Gasteiger partial charge in [-0.1, -0.05) is 36.4 Å². The summed E-state index contributed by atoms with van der Waals surface area (Å²) in [5.74, 6) is -3.96. The van der Waals surface area contributed by atoms with Gasteiger partial charge >= 0.3 is 0 Å². The molecule has 3 aromatic carbocycles. The van der Waals surface area contributed by atoms with E-state index in [9.17, 15) is 22.8 Å². The first-order valence-corrected chi connectivity index (χ1v) is 9.90. The average Bonchev–Trinajstić information content (AvgIpc) is 2.98. The predicted molar refractivity (Wildman–Crippen MR) is 115 cm³/mol. The Morgan fingerprint density at radius 2 is 1.53 bits per heavy atom. The summed E-state index contributed by atoms with van der Waals surface area (Å²) in [4.78, 5) is 27.5. The van der Waals surface area contributed by atoms with Crippen LogP contribution in [0.4, 0.5) is 18.9 Å². The van der Waals surface area contributed by atoms with Gasteiger partial charge in [0.05, 0.1) is 12.1 Å². The van der Waals surface area contributed by atoms with Crippen molar-refractivity contribution in [3.05, 3.63) is 106 Å². The van der Waals surface area contributed by atoms with E-state index in [1.807, 2.05) is 19.9 Å². The van der Waals surface area contributed by atoms with E-state index in [-0.39, 0.29) is 29.1 Å². The second kappa shape index (κ2) is 8.34. The molecule has 0 fully saturated rings. The number of imide groups is 1. The van der Waals surface area contributed by atoms with Gasteiger partial charge in [-0.05, 0) is 48.7 Å². The summed E-state index contributed by atoms with van der Waals surface area (Å²) in [7, 11) is 0. The number of amides is 2. The molecule has 4 rings (SSSR count). The van der Waals surface area contributed by atoms with Gasteiger partial charge in [-0.15, -0.1) is 0 Å². The Labute approximate surface area is 183 Å². The molecule has 0 radical (unpaired) electrons. The lowest BCUT2D eigenvalue weighted by molar-refractivity contribution is -0.137. The van der Waals surface area contributed by atoms with Gasteiger partial charge in [0.15, 0.2) is 11.6 Å². The lowest BCUT2D eigenvalue weighted by Crippen LogP contribution is -2.32. The highest BCUT2D eigenvalue weighted by Crippen LogP contribution is 2.33. The number of nitrogens with zero attached hydrogens (tertiary/aromatic N) is 1. The molecule has 7 heteroatoms. The summed E-state index contributed by atoms with van der Waals surface area (Å²) in [6, 6.07) is 14.3. The van der Waals surface area contributed by atoms with Gasteiger partial charge in [0, 0.05) is 17.3 Å². The quantitative estimate of drug-likeness (QED) is 0.566. The van der Waals surface area contributed by atoms with Crippen LogP contribution in [-0.4, -0.2) is 16.7 Å². The third kappa shape index (κ3) is 3.89. The molecule has 162 valence electrons. The van der Waals surface area contributed by atoms with Crippen LogP contribution in [0, 0.1) is 31.3 Å². The number of benzene rings is 3. The minimum absolute atomic E-state index is 0.0826. The Morgan fingerprint density at radius 1 is 0.781 bits per heavy atom. The topological polar surface area (TPSA) is 49.4 Å². The van der Waals surface area contributed by atoms with Crippen molar-refractivity contribution in [2.45, 2.75) is 20.4 Å². The maximum absolute atomic E-state index is 14.2.